The number of likely N-dealkylation sites (tertiary alicyclic amines) is 1. The Kier molecular flexibility index (Phi) is 12.9. The lowest BCUT2D eigenvalue weighted by Gasteiger charge is -2.48. The second-order valence-electron chi connectivity index (χ2n) is 15.5. The van der Waals surface area contributed by atoms with Gasteiger partial charge in [-0.05, 0) is 88.6 Å². The van der Waals surface area contributed by atoms with E-state index in [0.717, 1.165) is 0 Å². The molecule has 0 radical (unpaired) electrons. The third-order valence-electron chi connectivity index (χ3n) is 10.8. The summed E-state index contributed by atoms with van der Waals surface area (Å²) in [6.07, 6.45) is -1.76. The molecule has 0 aromatic rings. The highest BCUT2D eigenvalue weighted by atomic mass is 16.7. The van der Waals surface area contributed by atoms with E-state index in [0.29, 0.717) is 32.5 Å². The van der Waals surface area contributed by atoms with Crippen LogP contribution in [0.15, 0.2) is 0 Å². The number of carbonyl (C=O) groups is 3. The number of likely N-dealkylation sites (N-methyl/N-ethyl adjacent to an activating group) is 3. The summed E-state index contributed by atoms with van der Waals surface area (Å²) in [5.41, 5.74) is -2.43. The quantitative estimate of drug-likeness (QED) is 0.319. The van der Waals surface area contributed by atoms with Crippen LogP contribution in [-0.2, 0) is 33.3 Å². The van der Waals surface area contributed by atoms with E-state index in [2.05, 4.69) is 11.8 Å². The summed E-state index contributed by atoms with van der Waals surface area (Å²) < 4.78 is 24.9. The molecule has 1 amide bonds. The molecule has 0 spiro atoms. The van der Waals surface area contributed by atoms with Crippen molar-refractivity contribution in [3.63, 3.8) is 0 Å². The van der Waals surface area contributed by atoms with E-state index in [1.54, 1.807) is 27.9 Å². The van der Waals surface area contributed by atoms with Gasteiger partial charge in [0.25, 0.3) is 0 Å². The Morgan fingerprint density at radius 1 is 1.07 bits per heavy atom. The number of esters is 1. The summed E-state index contributed by atoms with van der Waals surface area (Å²) in [5.74, 6) is -1.43. The van der Waals surface area contributed by atoms with E-state index in [9.17, 15) is 19.5 Å². The van der Waals surface area contributed by atoms with Crippen LogP contribution in [0.2, 0.25) is 0 Å². The summed E-state index contributed by atoms with van der Waals surface area (Å²) in [5, 5.41) is 11.3. The zero-order valence-electron chi connectivity index (χ0n) is 30.6. The van der Waals surface area contributed by atoms with Crippen molar-refractivity contribution >= 4 is 17.7 Å². The van der Waals surface area contributed by atoms with Crippen molar-refractivity contribution in [3.05, 3.63) is 0 Å². The monoisotopic (exact) mass is 654 g/mol. The average molecular weight is 655 g/mol. The molecule has 3 heterocycles. The maximum atomic E-state index is 14.2. The Hall–Kier alpha value is -1.67. The minimum Gasteiger partial charge on any atom is -0.463 e. The highest BCUT2D eigenvalue weighted by Crippen LogP contribution is 2.38. The van der Waals surface area contributed by atoms with Crippen molar-refractivity contribution in [2.75, 3.05) is 68.6 Å². The molecule has 12 nitrogen and oxygen atoms in total. The molecular weight excluding hydrogens is 592 g/mol. The number of ketones is 1. The predicted molar refractivity (Wildman–Crippen MR) is 175 cm³/mol. The lowest BCUT2D eigenvalue weighted by atomic mass is 9.74. The van der Waals surface area contributed by atoms with Crippen LogP contribution in [0, 0.1) is 23.2 Å². The minimum atomic E-state index is -1.47. The van der Waals surface area contributed by atoms with Gasteiger partial charge in [0.2, 0.25) is 5.91 Å². The zero-order valence-corrected chi connectivity index (χ0v) is 30.6. The van der Waals surface area contributed by atoms with Crippen molar-refractivity contribution in [1.29, 1.82) is 0 Å². The third-order valence-corrected chi connectivity index (χ3v) is 10.8. The third kappa shape index (κ3) is 8.30. The van der Waals surface area contributed by atoms with E-state index < -0.39 is 41.4 Å². The Morgan fingerprint density at radius 3 is 2.22 bits per heavy atom. The number of carbonyl (C=O) groups excluding carboxylic acids is 3. The van der Waals surface area contributed by atoms with Crippen LogP contribution in [-0.4, -0.2) is 159 Å². The number of cyclic esters (lactones) is 1. The summed E-state index contributed by atoms with van der Waals surface area (Å²) >= 11 is 0. The van der Waals surface area contributed by atoms with Gasteiger partial charge in [-0.1, -0.05) is 13.8 Å². The maximum Gasteiger partial charge on any atom is 0.319 e. The van der Waals surface area contributed by atoms with E-state index >= 15 is 0 Å². The number of amides is 1. The molecule has 0 aromatic carbocycles. The van der Waals surface area contributed by atoms with Crippen LogP contribution in [0.3, 0.4) is 0 Å². The highest BCUT2D eigenvalue weighted by Gasteiger charge is 2.52. The first-order valence-corrected chi connectivity index (χ1v) is 16.8. The van der Waals surface area contributed by atoms with Gasteiger partial charge in [0.05, 0.1) is 23.9 Å². The molecule has 46 heavy (non-hydrogen) atoms. The molecule has 0 saturated carbocycles. The minimum absolute atomic E-state index is 0.0832. The zero-order chi connectivity index (χ0) is 34.9. The molecule has 0 aromatic heterocycles. The van der Waals surface area contributed by atoms with Gasteiger partial charge in [-0.2, -0.15) is 0 Å². The van der Waals surface area contributed by atoms with Crippen molar-refractivity contribution < 1.29 is 38.4 Å². The topological polar surface area (TPSA) is 121 Å². The van der Waals surface area contributed by atoms with Crippen molar-refractivity contribution in [1.82, 2.24) is 19.6 Å². The van der Waals surface area contributed by atoms with Crippen LogP contribution in [0.1, 0.15) is 61.3 Å². The van der Waals surface area contributed by atoms with Gasteiger partial charge in [-0.15, -0.1) is 0 Å². The van der Waals surface area contributed by atoms with Crippen LogP contribution in [0.5, 0.6) is 0 Å². The van der Waals surface area contributed by atoms with Crippen molar-refractivity contribution in [3.8, 4) is 0 Å². The summed E-state index contributed by atoms with van der Waals surface area (Å²) in [7, 11) is 11.2. The van der Waals surface area contributed by atoms with Gasteiger partial charge >= 0.3 is 5.97 Å². The summed E-state index contributed by atoms with van der Waals surface area (Å²) in [4.78, 5) is 48.7. The number of nitrogens with zero attached hydrogens (tertiary/aromatic N) is 4. The number of ether oxygens (including phenoxy) is 4. The number of hydrogen-bond acceptors (Lipinski definition) is 11. The lowest BCUT2D eigenvalue weighted by Crippen LogP contribution is -2.62. The Labute approximate surface area is 277 Å². The fourth-order valence-electron chi connectivity index (χ4n) is 7.48. The second kappa shape index (κ2) is 15.3. The molecule has 0 bridgehead atoms. The fourth-order valence-corrected chi connectivity index (χ4v) is 7.48. The van der Waals surface area contributed by atoms with Gasteiger partial charge in [0.1, 0.15) is 18.1 Å². The van der Waals surface area contributed by atoms with Gasteiger partial charge < -0.3 is 33.9 Å². The molecule has 266 valence electrons. The van der Waals surface area contributed by atoms with E-state index in [1.165, 1.54) is 0 Å². The molecule has 1 N–H and O–H groups in total. The SMILES string of the molecule is CO[C@]1(C)C[C@@H](C)CN(C)C(C2CN(C(=O)[C@@H](C)N(C)C)C2)COC(=O)C(C)(C)C(=O)[C@H](C)[C@H]1O[C@@H]1O[C@H](C)C[C@H](N(C)C)[C@H]1O. The number of hydrogen-bond donors (Lipinski definition) is 1. The number of methoxy groups -OCH3 is 1. The smallest absolute Gasteiger partial charge is 0.319 e. The molecule has 3 fully saturated rings. The summed E-state index contributed by atoms with van der Waals surface area (Å²) in [6.45, 7) is 14.8. The van der Waals surface area contributed by atoms with Gasteiger partial charge in [0.15, 0.2) is 12.1 Å². The average Bonchev–Trinajstić information content (AvgIpc) is 2.95. The first-order chi connectivity index (χ1) is 21.2. The standard InChI is InChI=1S/C34H62N4O8/c1-20-15-34(7,43-13)29(46-31-27(39)25(36(10)11)14-21(2)45-31)22(3)28(40)33(5,6)32(42)44-19-26(37(12)16-20)24-17-38(18-24)30(41)23(4)35(8)9/h20-27,29,31,39H,14-19H2,1-13H3/t20-,21-,22+,23-,25+,26?,27-,29-,31+,34-/m1/s1. The molecule has 3 saturated heterocycles. The first kappa shape index (κ1) is 38.8. The highest BCUT2D eigenvalue weighted by molar-refractivity contribution is 6.04. The number of aliphatic hydroxyl groups excluding tert-OH is 1. The second-order valence-corrected chi connectivity index (χ2v) is 15.5. The maximum absolute atomic E-state index is 14.2. The van der Waals surface area contributed by atoms with Gasteiger partial charge in [-0.25, -0.2) is 0 Å². The van der Waals surface area contributed by atoms with Crippen LogP contribution in [0.4, 0.5) is 0 Å². The first-order valence-electron chi connectivity index (χ1n) is 16.8. The molecule has 3 rings (SSSR count). The van der Waals surface area contributed by atoms with Gasteiger partial charge in [-0.3, -0.25) is 24.2 Å². The Morgan fingerprint density at radius 2 is 1.67 bits per heavy atom. The predicted octanol–water partition coefficient (Wildman–Crippen LogP) is 1.73. The fraction of sp³-hybridized carbons (Fsp3) is 0.912. The van der Waals surface area contributed by atoms with E-state index in [4.69, 9.17) is 18.9 Å². The molecule has 12 heteroatoms. The normalized spacial score (nSPS) is 38.0. The molecule has 10 atom stereocenters. The number of rotatable bonds is 7. The van der Waals surface area contributed by atoms with Crippen molar-refractivity contribution in [2.45, 2.75) is 110 Å². The molecular formula is C34H62N4O8. The van der Waals surface area contributed by atoms with E-state index in [1.807, 2.05) is 70.7 Å². The Bertz CT molecular complexity index is 1070. The van der Waals surface area contributed by atoms with Crippen molar-refractivity contribution in [2.24, 2.45) is 23.2 Å². The van der Waals surface area contributed by atoms with Crippen LogP contribution >= 0.6 is 0 Å². The molecule has 3 aliphatic rings. The molecule has 0 aliphatic carbocycles. The molecule has 1 unspecified atom stereocenters. The van der Waals surface area contributed by atoms with Crippen LogP contribution in [0.25, 0.3) is 0 Å². The van der Waals surface area contributed by atoms with Gasteiger partial charge in [0, 0.05) is 50.7 Å². The van der Waals surface area contributed by atoms with E-state index in [-0.39, 0.29) is 54.4 Å². The number of Topliss-reactive ketones (excluding diaryl/α,β-unsaturated/α-hetero) is 1. The number of aliphatic hydroxyl groups is 1. The Balaban J connectivity index is 1.93. The van der Waals surface area contributed by atoms with Crippen LogP contribution < -0.4 is 0 Å². The molecule has 3 aliphatic heterocycles. The largest absolute Gasteiger partial charge is 0.463 e. The summed E-state index contributed by atoms with van der Waals surface area (Å²) in [6, 6.07) is -0.544. The lowest BCUT2D eigenvalue weighted by molar-refractivity contribution is -0.295.